The highest BCUT2D eigenvalue weighted by molar-refractivity contribution is 6.30. The molecule has 0 saturated carbocycles. The molecule has 0 aromatic heterocycles. The van der Waals surface area contributed by atoms with Crippen molar-refractivity contribution in [2.24, 2.45) is 0 Å². The molecule has 2 N–H and O–H groups in total. The maximum atomic E-state index is 12.0. The third-order valence-corrected chi connectivity index (χ3v) is 2.55. The number of rotatable bonds is 6. The number of amides is 1. The average molecular weight is 325 g/mol. The predicted molar refractivity (Wildman–Crippen MR) is 70.4 cm³/mol. The van der Waals surface area contributed by atoms with E-state index in [1.165, 1.54) is 24.3 Å². The molecule has 1 aromatic rings. The molecule has 0 bridgehead atoms. The van der Waals surface area contributed by atoms with Crippen LogP contribution in [0.4, 0.5) is 18.9 Å². The van der Waals surface area contributed by atoms with Gasteiger partial charge in [-0.05, 0) is 18.2 Å². The Balaban J connectivity index is 2.78. The van der Waals surface area contributed by atoms with Crippen molar-refractivity contribution in [3.05, 3.63) is 29.3 Å². The molecule has 0 spiro atoms. The van der Waals surface area contributed by atoms with Crippen molar-refractivity contribution in [1.82, 2.24) is 5.32 Å². The van der Waals surface area contributed by atoms with E-state index in [1.54, 1.807) is 0 Å². The number of carboxylic acid groups (broad SMARTS) is 1. The molecule has 0 fully saturated rings. The van der Waals surface area contributed by atoms with Crippen LogP contribution < -0.4 is 10.2 Å². The fraction of sp³-hybridized carbons (Fsp3) is 0.333. The monoisotopic (exact) mass is 324 g/mol. The number of benzene rings is 1. The first-order valence-corrected chi connectivity index (χ1v) is 6.12. The minimum Gasteiger partial charge on any atom is -0.480 e. The molecule has 0 unspecified atom stereocenters. The van der Waals surface area contributed by atoms with Crippen molar-refractivity contribution < 1.29 is 27.9 Å². The van der Waals surface area contributed by atoms with E-state index in [0.29, 0.717) is 0 Å². The first-order chi connectivity index (χ1) is 9.69. The fourth-order valence-corrected chi connectivity index (χ4v) is 1.69. The second-order valence-electron chi connectivity index (χ2n) is 4.07. The normalized spacial score (nSPS) is 11.2. The van der Waals surface area contributed by atoms with Gasteiger partial charge in [0.1, 0.15) is 6.54 Å². The van der Waals surface area contributed by atoms with E-state index in [-0.39, 0.29) is 10.7 Å². The molecule has 9 heteroatoms. The molecule has 0 saturated heterocycles. The van der Waals surface area contributed by atoms with Gasteiger partial charge in [0.2, 0.25) is 5.91 Å². The average Bonchev–Trinajstić information content (AvgIpc) is 2.34. The number of hydrogen-bond acceptors (Lipinski definition) is 3. The number of hydrogen-bond donors (Lipinski definition) is 2. The molecule has 116 valence electrons. The Morgan fingerprint density at radius 3 is 2.52 bits per heavy atom. The van der Waals surface area contributed by atoms with Crippen molar-refractivity contribution >= 4 is 29.2 Å². The first kappa shape index (κ1) is 17.3. The van der Waals surface area contributed by atoms with Crippen LogP contribution >= 0.6 is 11.6 Å². The first-order valence-electron chi connectivity index (χ1n) is 5.74. The molecule has 0 aliphatic rings. The van der Waals surface area contributed by atoms with Crippen LogP contribution in [0.1, 0.15) is 0 Å². The van der Waals surface area contributed by atoms with Gasteiger partial charge in [-0.15, -0.1) is 0 Å². The topological polar surface area (TPSA) is 69.6 Å². The number of anilines is 1. The lowest BCUT2D eigenvalue weighted by molar-refractivity contribution is -0.137. The Kier molecular flexibility index (Phi) is 5.98. The molecule has 5 nitrogen and oxygen atoms in total. The second kappa shape index (κ2) is 7.28. The van der Waals surface area contributed by atoms with E-state index < -0.39 is 37.7 Å². The molecular formula is C12H12ClF3N2O3. The Hall–Kier alpha value is -1.80. The zero-order valence-corrected chi connectivity index (χ0v) is 11.4. The molecule has 21 heavy (non-hydrogen) atoms. The zero-order valence-electron chi connectivity index (χ0n) is 10.7. The van der Waals surface area contributed by atoms with E-state index in [0.717, 1.165) is 4.90 Å². The maximum absolute atomic E-state index is 12.0. The summed E-state index contributed by atoms with van der Waals surface area (Å²) in [6.45, 7) is -2.65. The molecule has 1 rings (SSSR count). The van der Waals surface area contributed by atoms with Crippen LogP contribution in [0.25, 0.3) is 0 Å². The van der Waals surface area contributed by atoms with Gasteiger partial charge in [0.05, 0.1) is 13.1 Å². The van der Waals surface area contributed by atoms with Gasteiger partial charge in [-0.1, -0.05) is 17.7 Å². The van der Waals surface area contributed by atoms with Gasteiger partial charge in [0.25, 0.3) is 0 Å². The van der Waals surface area contributed by atoms with E-state index in [9.17, 15) is 22.8 Å². The molecule has 0 aliphatic heterocycles. The van der Waals surface area contributed by atoms with E-state index >= 15 is 0 Å². The van der Waals surface area contributed by atoms with Crippen molar-refractivity contribution in [1.29, 1.82) is 0 Å². The molecule has 0 aliphatic carbocycles. The lowest BCUT2D eigenvalue weighted by Crippen LogP contribution is -2.43. The van der Waals surface area contributed by atoms with Gasteiger partial charge in [0, 0.05) is 10.7 Å². The van der Waals surface area contributed by atoms with E-state index in [4.69, 9.17) is 16.7 Å². The van der Waals surface area contributed by atoms with Gasteiger partial charge < -0.3 is 15.3 Å². The minimum atomic E-state index is -4.45. The SMILES string of the molecule is O=C(O)CN(C(=O)CNCC(F)(F)F)c1cccc(Cl)c1. The lowest BCUT2D eigenvalue weighted by atomic mass is 10.2. The summed E-state index contributed by atoms with van der Waals surface area (Å²) in [6.07, 6.45) is -4.45. The van der Waals surface area contributed by atoms with Gasteiger partial charge in [-0.2, -0.15) is 13.2 Å². The standard InChI is InChI=1S/C12H12ClF3N2O3/c13-8-2-1-3-9(4-8)18(6-11(20)21)10(19)5-17-7-12(14,15)16/h1-4,17H,5-7H2,(H,20,21). The molecule has 1 aromatic carbocycles. The third kappa shape index (κ3) is 6.46. The number of alkyl halides is 3. The van der Waals surface area contributed by atoms with Gasteiger partial charge in [-0.25, -0.2) is 0 Å². The third-order valence-electron chi connectivity index (χ3n) is 2.32. The molecular weight excluding hydrogens is 313 g/mol. The van der Waals surface area contributed by atoms with Crippen LogP contribution in [0.15, 0.2) is 24.3 Å². The molecule has 1 amide bonds. The molecule has 0 heterocycles. The highest BCUT2D eigenvalue weighted by Gasteiger charge is 2.27. The Morgan fingerprint density at radius 1 is 1.33 bits per heavy atom. The van der Waals surface area contributed by atoms with Crippen molar-refractivity contribution in [3.63, 3.8) is 0 Å². The highest BCUT2D eigenvalue weighted by Crippen LogP contribution is 2.19. The van der Waals surface area contributed by atoms with Crippen LogP contribution in [-0.4, -0.2) is 42.8 Å². The van der Waals surface area contributed by atoms with Gasteiger partial charge in [0.15, 0.2) is 0 Å². The zero-order chi connectivity index (χ0) is 16.0. The smallest absolute Gasteiger partial charge is 0.401 e. The summed E-state index contributed by atoms with van der Waals surface area (Å²) in [5.74, 6) is -2.09. The van der Waals surface area contributed by atoms with Gasteiger partial charge >= 0.3 is 12.1 Å². The largest absolute Gasteiger partial charge is 0.480 e. The summed E-state index contributed by atoms with van der Waals surface area (Å²) in [6, 6.07) is 5.82. The number of halogens is 4. The predicted octanol–water partition coefficient (Wildman–Crippen LogP) is 1.91. The molecule has 0 atom stereocenters. The highest BCUT2D eigenvalue weighted by atomic mass is 35.5. The second-order valence-corrected chi connectivity index (χ2v) is 4.51. The Morgan fingerprint density at radius 2 is 2.00 bits per heavy atom. The number of carboxylic acids is 1. The van der Waals surface area contributed by atoms with Gasteiger partial charge in [-0.3, -0.25) is 9.59 Å². The van der Waals surface area contributed by atoms with Crippen LogP contribution in [0.3, 0.4) is 0 Å². The van der Waals surface area contributed by atoms with E-state index in [2.05, 4.69) is 0 Å². The van der Waals surface area contributed by atoms with Crippen molar-refractivity contribution in [2.75, 3.05) is 24.5 Å². The number of carbonyl (C=O) groups is 2. The quantitative estimate of drug-likeness (QED) is 0.838. The molecule has 0 radical (unpaired) electrons. The van der Waals surface area contributed by atoms with Crippen LogP contribution in [0, 0.1) is 0 Å². The maximum Gasteiger partial charge on any atom is 0.401 e. The number of carbonyl (C=O) groups excluding carboxylic acids is 1. The van der Waals surface area contributed by atoms with Crippen LogP contribution in [0.5, 0.6) is 0 Å². The van der Waals surface area contributed by atoms with Crippen molar-refractivity contribution in [2.45, 2.75) is 6.18 Å². The summed E-state index contributed by atoms with van der Waals surface area (Å²) in [4.78, 5) is 23.5. The fourth-order valence-electron chi connectivity index (χ4n) is 1.51. The summed E-state index contributed by atoms with van der Waals surface area (Å²) in [7, 11) is 0. The number of nitrogens with one attached hydrogen (secondary N) is 1. The summed E-state index contributed by atoms with van der Waals surface area (Å²) >= 11 is 5.74. The van der Waals surface area contributed by atoms with Crippen LogP contribution in [-0.2, 0) is 9.59 Å². The Labute approximate surface area is 123 Å². The summed E-state index contributed by atoms with van der Waals surface area (Å²) < 4.78 is 36.0. The Bertz CT molecular complexity index is 523. The lowest BCUT2D eigenvalue weighted by Gasteiger charge is -2.21. The van der Waals surface area contributed by atoms with Crippen LogP contribution in [0.2, 0.25) is 5.02 Å². The summed E-state index contributed by atoms with van der Waals surface area (Å²) in [5, 5.41) is 11.0. The minimum absolute atomic E-state index is 0.198. The summed E-state index contributed by atoms with van der Waals surface area (Å²) in [5.41, 5.74) is 0.198. The number of aliphatic carboxylic acids is 1. The number of nitrogens with zero attached hydrogens (tertiary/aromatic N) is 1. The van der Waals surface area contributed by atoms with Crippen molar-refractivity contribution in [3.8, 4) is 0 Å². The van der Waals surface area contributed by atoms with E-state index in [1.807, 2.05) is 5.32 Å².